The Morgan fingerprint density at radius 3 is 2.17 bits per heavy atom. The van der Waals surface area contributed by atoms with E-state index in [9.17, 15) is 14.4 Å². The molecule has 0 aliphatic heterocycles. The molecule has 4 N–H and O–H groups in total. The molecule has 0 radical (unpaired) electrons. The fourth-order valence-electron chi connectivity index (χ4n) is 2.69. The normalized spacial score (nSPS) is 13.2. The van der Waals surface area contributed by atoms with Crippen molar-refractivity contribution in [1.82, 2.24) is 5.32 Å². The highest BCUT2D eigenvalue weighted by Gasteiger charge is 2.22. The highest BCUT2D eigenvalue weighted by Crippen LogP contribution is 2.21. The molecule has 0 heterocycles. The van der Waals surface area contributed by atoms with Gasteiger partial charge in [0.2, 0.25) is 5.91 Å². The minimum atomic E-state index is -0.748. The van der Waals surface area contributed by atoms with Crippen molar-refractivity contribution in [3.05, 3.63) is 65.7 Å². The molecule has 3 atom stereocenters. The zero-order chi connectivity index (χ0) is 21.4. The molecule has 0 fully saturated rings. The first-order chi connectivity index (χ1) is 13.8. The van der Waals surface area contributed by atoms with Gasteiger partial charge in [0, 0.05) is 17.3 Å². The van der Waals surface area contributed by atoms with E-state index in [1.165, 1.54) is 0 Å². The number of hydrogen-bond acceptors (Lipinski definition) is 5. The number of ether oxygens (including phenoxy) is 1. The maximum absolute atomic E-state index is 12.5. The maximum Gasteiger partial charge on any atom is 0.328 e. The number of nitrogens with two attached hydrogens (primary N) is 1. The SMILES string of the molecule is CCOC(=O)C(C)NC(=O)c1ccc(NC(=O)C(C)C(N)c2ccccc2)cc1.Cl. The third-order valence-electron chi connectivity index (χ3n) is 4.54. The molecular formula is C22H28ClN3O4. The summed E-state index contributed by atoms with van der Waals surface area (Å²) in [5.41, 5.74) is 8.01. The molecule has 7 nitrogen and oxygen atoms in total. The van der Waals surface area contributed by atoms with E-state index in [1.54, 1.807) is 45.0 Å². The van der Waals surface area contributed by atoms with E-state index in [0.717, 1.165) is 5.56 Å². The van der Waals surface area contributed by atoms with E-state index in [0.29, 0.717) is 11.3 Å². The van der Waals surface area contributed by atoms with Crippen LogP contribution in [0.2, 0.25) is 0 Å². The molecule has 2 amide bonds. The lowest BCUT2D eigenvalue weighted by Gasteiger charge is -2.20. The average molecular weight is 434 g/mol. The number of carbonyl (C=O) groups excluding carboxylic acids is 3. The van der Waals surface area contributed by atoms with Crippen molar-refractivity contribution in [2.45, 2.75) is 32.9 Å². The zero-order valence-corrected chi connectivity index (χ0v) is 18.1. The van der Waals surface area contributed by atoms with Crippen LogP contribution in [0.25, 0.3) is 0 Å². The second kappa shape index (κ2) is 11.9. The third-order valence-corrected chi connectivity index (χ3v) is 4.54. The highest BCUT2D eigenvalue weighted by molar-refractivity contribution is 5.98. The predicted octanol–water partition coefficient (Wildman–Crippen LogP) is 3.06. The minimum absolute atomic E-state index is 0. The summed E-state index contributed by atoms with van der Waals surface area (Å²) < 4.78 is 4.87. The minimum Gasteiger partial charge on any atom is -0.464 e. The van der Waals surface area contributed by atoms with Gasteiger partial charge in [0.05, 0.1) is 12.5 Å². The third kappa shape index (κ3) is 6.86. The van der Waals surface area contributed by atoms with E-state index < -0.39 is 29.9 Å². The van der Waals surface area contributed by atoms with Gasteiger partial charge < -0.3 is 21.1 Å². The summed E-state index contributed by atoms with van der Waals surface area (Å²) in [5, 5.41) is 5.38. The lowest BCUT2D eigenvalue weighted by Crippen LogP contribution is -2.39. The summed E-state index contributed by atoms with van der Waals surface area (Å²) >= 11 is 0. The van der Waals surface area contributed by atoms with Crippen LogP contribution in [0.4, 0.5) is 5.69 Å². The van der Waals surface area contributed by atoms with Gasteiger partial charge in [-0.3, -0.25) is 9.59 Å². The van der Waals surface area contributed by atoms with Crippen molar-refractivity contribution in [3.63, 3.8) is 0 Å². The number of benzene rings is 2. The number of hydrogen-bond donors (Lipinski definition) is 3. The number of halogens is 1. The Kier molecular flexibility index (Phi) is 10.0. The molecule has 0 bridgehead atoms. The van der Waals surface area contributed by atoms with Crippen LogP contribution in [0.1, 0.15) is 42.7 Å². The lowest BCUT2D eigenvalue weighted by atomic mass is 9.94. The largest absolute Gasteiger partial charge is 0.464 e. The van der Waals surface area contributed by atoms with Crippen molar-refractivity contribution in [2.24, 2.45) is 11.7 Å². The smallest absolute Gasteiger partial charge is 0.328 e. The average Bonchev–Trinajstić information content (AvgIpc) is 2.73. The lowest BCUT2D eigenvalue weighted by molar-refractivity contribution is -0.144. The molecule has 3 unspecified atom stereocenters. The second-order valence-electron chi connectivity index (χ2n) is 6.74. The highest BCUT2D eigenvalue weighted by atomic mass is 35.5. The Hall–Kier alpha value is -2.90. The van der Waals surface area contributed by atoms with Crippen molar-refractivity contribution in [3.8, 4) is 0 Å². The first-order valence-electron chi connectivity index (χ1n) is 9.52. The van der Waals surface area contributed by atoms with E-state index in [2.05, 4.69) is 10.6 Å². The van der Waals surface area contributed by atoms with Crippen molar-refractivity contribution in [1.29, 1.82) is 0 Å². The topological polar surface area (TPSA) is 111 Å². The van der Waals surface area contributed by atoms with Gasteiger partial charge in [0.15, 0.2) is 0 Å². The second-order valence-corrected chi connectivity index (χ2v) is 6.74. The molecule has 2 aromatic carbocycles. The van der Waals surface area contributed by atoms with Gasteiger partial charge in [0.1, 0.15) is 6.04 Å². The van der Waals surface area contributed by atoms with Crippen LogP contribution < -0.4 is 16.4 Å². The Morgan fingerprint density at radius 2 is 1.60 bits per heavy atom. The number of rotatable bonds is 8. The molecule has 0 aliphatic rings. The summed E-state index contributed by atoms with van der Waals surface area (Å²) in [6.07, 6.45) is 0. The fraction of sp³-hybridized carbons (Fsp3) is 0.318. The summed E-state index contributed by atoms with van der Waals surface area (Å²) in [5.74, 6) is -1.54. The molecule has 2 rings (SSSR count). The number of anilines is 1. The van der Waals surface area contributed by atoms with Gasteiger partial charge in [-0.25, -0.2) is 4.79 Å². The van der Waals surface area contributed by atoms with Crippen LogP contribution in [0.5, 0.6) is 0 Å². The van der Waals surface area contributed by atoms with Crippen LogP contribution in [0.3, 0.4) is 0 Å². The van der Waals surface area contributed by atoms with E-state index in [1.807, 2.05) is 30.3 Å². The quantitative estimate of drug-likeness (QED) is 0.554. The van der Waals surface area contributed by atoms with Gasteiger partial charge in [-0.15, -0.1) is 12.4 Å². The van der Waals surface area contributed by atoms with Crippen LogP contribution in [0.15, 0.2) is 54.6 Å². The van der Waals surface area contributed by atoms with Gasteiger partial charge in [0.25, 0.3) is 5.91 Å². The molecule has 30 heavy (non-hydrogen) atoms. The first-order valence-corrected chi connectivity index (χ1v) is 9.52. The van der Waals surface area contributed by atoms with Gasteiger partial charge in [-0.1, -0.05) is 37.3 Å². The zero-order valence-electron chi connectivity index (χ0n) is 17.3. The summed E-state index contributed by atoms with van der Waals surface area (Å²) in [7, 11) is 0. The fourth-order valence-corrected chi connectivity index (χ4v) is 2.69. The summed E-state index contributed by atoms with van der Waals surface area (Å²) in [6, 6.07) is 14.7. The van der Waals surface area contributed by atoms with Crippen LogP contribution in [-0.4, -0.2) is 30.4 Å². The van der Waals surface area contributed by atoms with E-state index in [-0.39, 0.29) is 24.9 Å². The number of nitrogens with one attached hydrogen (secondary N) is 2. The Balaban J connectivity index is 0.00000450. The van der Waals surface area contributed by atoms with Crippen LogP contribution in [0, 0.1) is 5.92 Å². The number of esters is 1. The number of carbonyl (C=O) groups is 3. The van der Waals surface area contributed by atoms with E-state index >= 15 is 0 Å². The van der Waals surface area contributed by atoms with Crippen molar-refractivity contribution < 1.29 is 19.1 Å². The van der Waals surface area contributed by atoms with Crippen LogP contribution in [-0.2, 0) is 14.3 Å². The molecule has 8 heteroatoms. The molecule has 162 valence electrons. The molecule has 0 aliphatic carbocycles. The molecule has 0 saturated carbocycles. The monoisotopic (exact) mass is 433 g/mol. The maximum atomic E-state index is 12.5. The van der Waals surface area contributed by atoms with Crippen molar-refractivity contribution >= 4 is 35.9 Å². The van der Waals surface area contributed by atoms with E-state index in [4.69, 9.17) is 10.5 Å². The Bertz CT molecular complexity index is 843. The van der Waals surface area contributed by atoms with Gasteiger partial charge in [-0.2, -0.15) is 0 Å². The standard InChI is InChI=1S/C22H27N3O4.ClH/c1-4-29-22(28)15(3)24-21(27)17-10-12-18(13-11-17)25-20(26)14(2)19(23)16-8-6-5-7-9-16;/h5-15,19H,4,23H2,1-3H3,(H,24,27)(H,25,26);1H. The Labute approximate surface area is 182 Å². The van der Waals surface area contributed by atoms with Crippen LogP contribution >= 0.6 is 12.4 Å². The summed E-state index contributed by atoms with van der Waals surface area (Å²) in [6.45, 7) is 5.28. The molecule has 2 aromatic rings. The molecule has 0 spiro atoms. The Morgan fingerprint density at radius 1 is 1.00 bits per heavy atom. The summed E-state index contributed by atoms with van der Waals surface area (Å²) in [4.78, 5) is 36.3. The van der Waals surface area contributed by atoms with Gasteiger partial charge >= 0.3 is 5.97 Å². The molecular weight excluding hydrogens is 406 g/mol. The molecule has 0 aromatic heterocycles. The van der Waals surface area contributed by atoms with Gasteiger partial charge in [-0.05, 0) is 43.7 Å². The first kappa shape index (κ1) is 25.1. The number of amides is 2. The predicted molar refractivity (Wildman–Crippen MR) is 118 cm³/mol. The molecule has 0 saturated heterocycles. The van der Waals surface area contributed by atoms with Crippen molar-refractivity contribution in [2.75, 3.05) is 11.9 Å².